The molecule has 1 saturated heterocycles. The number of nitrogens with one attached hydrogen (secondary N) is 4. The van der Waals surface area contributed by atoms with E-state index >= 15 is 0 Å². The Bertz CT molecular complexity index is 2020. The maximum Gasteiger partial charge on any atom is 0.490 e. The average molecular weight is 859 g/mol. The normalized spacial score (nSPS) is 21.0. The molecule has 0 aliphatic carbocycles. The zero-order chi connectivity index (χ0) is 41.8. The third-order valence-corrected chi connectivity index (χ3v) is 10.9. The molecule has 26 nitrogen and oxygen atoms in total. The Labute approximate surface area is 314 Å². The molecule has 7 atom stereocenters. The van der Waals surface area contributed by atoms with Crippen LogP contribution in [0.2, 0.25) is 0 Å². The minimum atomic E-state index is -5.86. The molecule has 3 rings (SSSR count). The van der Waals surface area contributed by atoms with Crippen LogP contribution in [-0.4, -0.2) is 107 Å². The second kappa shape index (κ2) is 20.2. The fourth-order valence-electron chi connectivity index (χ4n) is 4.55. The molecule has 0 bridgehead atoms. The number of amides is 4. The second-order valence-electron chi connectivity index (χ2n) is 11.4. The van der Waals surface area contributed by atoms with Gasteiger partial charge in [0.15, 0.2) is 6.23 Å². The quantitative estimate of drug-likeness (QED) is 0.0604. The van der Waals surface area contributed by atoms with Crippen LogP contribution in [0.4, 0.5) is 4.79 Å². The molecule has 310 valence electrons. The Morgan fingerprint density at radius 2 is 1.66 bits per heavy atom. The number of nitrogens with zero attached hydrogens (tertiary/aromatic N) is 1. The highest BCUT2D eigenvalue weighted by Crippen LogP contribution is 2.66. The predicted molar refractivity (Wildman–Crippen MR) is 184 cm³/mol. The highest BCUT2D eigenvalue weighted by molar-refractivity contribution is 7.66. The Balaban J connectivity index is 1.55. The first-order chi connectivity index (χ1) is 26.1. The summed E-state index contributed by atoms with van der Waals surface area (Å²) in [5.74, 6) is -2.32. The van der Waals surface area contributed by atoms with E-state index in [0.29, 0.717) is 10.1 Å². The zero-order valence-electron chi connectivity index (χ0n) is 28.5. The van der Waals surface area contributed by atoms with E-state index in [1.165, 1.54) is 6.08 Å². The number of H-pyrrole nitrogens is 1. The lowest BCUT2D eigenvalue weighted by Crippen LogP contribution is -2.49. The third kappa shape index (κ3) is 15.3. The van der Waals surface area contributed by atoms with Crippen molar-refractivity contribution in [3.8, 4) is 0 Å². The van der Waals surface area contributed by atoms with Crippen molar-refractivity contribution in [2.45, 2.75) is 50.0 Å². The molecule has 56 heavy (non-hydrogen) atoms. The average Bonchev–Trinajstić information content (AvgIpc) is 3.37. The molecular weight excluding hydrogens is 821 g/mol. The van der Waals surface area contributed by atoms with Gasteiger partial charge in [0.25, 0.3) is 5.56 Å². The van der Waals surface area contributed by atoms with E-state index in [0.717, 1.165) is 12.3 Å². The maximum atomic E-state index is 12.7. The minimum absolute atomic E-state index is 0.105. The van der Waals surface area contributed by atoms with E-state index in [9.17, 15) is 62.5 Å². The summed E-state index contributed by atoms with van der Waals surface area (Å²) >= 11 is 0. The van der Waals surface area contributed by atoms with E-state index in [2.05, 4.69) is 29.1 Å². The molecular formula is C27H37N6O20P3. The molecule has 1 aromatic carbocycles. The van der Waals surface area contributed by atoms with Gasteiger partial charge < -0.3 is 60.9 Å². The summed E-state index contributed by atoms with van der Waals surface area (Å²) in [5.41, 5.74) is 3.47. The van der Waals surface area contributed by atoms with Gasteiger partial charge >= 0.3 is 35.3 Å². The van der Waals surface area contributed by atoms with E-state index in [1.807, 2.05) is 4.98 Å². The number of hydrogen-bond donors (Lipinski definition) is 11. The Hall–Kier alpha value is -4.39. The topological polar surface area (TPSA) is 404 Å². The highest BCUT2D eigenvalue weighted by atomic mass is 31.3. The maximum absolute atomic E-state index is 12.7. The van der Waals surface area contributed by atoms with Crippen LogP contribution >= 0.6 is 23.5 Å². The summed E-state index contributed by atoms with van der Waals surface area (Å²) in [6.07, 6.45) is -5.61. The van der Waals surface area contributed by atoms with E-state index < -0.39 is 102 Å². The Kier molecular flexibility index (Phi) is 16.6. The molecule has 1 fully saturated rings. The number of carbonyl (C=O) groups excluding carboxylic acids is 4. The van der Waals surface area contributed by atoms with Crippen LogP contribution in [0.25, 0.3) is 6.08 Å². The zero-order valence-corrected chi connectivity index (χ0v) is 31.2. The van der Waals surface area contributed by atoms with Crippen molar-refractivity contribution in [3.63, 3.8) is 0 Å². The monoisotopic (exact) mass is 858 g/mol. The highest BCUT2D eigenvalue weighted by Gasteiger charge is 2.47. The lowest BCUT2D eigenvalue weighted by molar-refractivity contribution is -0.127. The third-order valence-electron chi connectivity index (χ3n) is 7.06. The number of benzene rings is 1. The number of carbonyl (C=O) groups is 4. The standard InChI is InChI=1S/C27H37N6O20P3/c28-19(34)9-8-17(31-27(41)49-13-15-5-2-1-3-6-15)24(39)30-11-20(35)29-10-4-7-16-12-33(26(40)32-23(16)38)25-22(37)21(36)18(51-25)14-50-55(45,46)53-56(47,48)52-54(42,43)44/h1-7,12,17-18,21-22,25,36-37H,8-11,13-14H2,(H2,28,34)(H,29,35)(H,30,39)(H,31,41)(H,45,46)(H,47,48)(H,32,38,40)(H2,42,43,44)/b7-4+/t17?,18-,21-,22-,25-/m1/s1. The number of aromatic nitrogens is 2. The van der Waals surface area contributed by atoms with Gasteiger partial charge in [0.1, 0.15) is 31.0 Å². The summed E-state index contributed by atoms with van der Waals surface area (Å²) in [7, 11) is -17.2. The van der Waals surface area contributed by atoms with Crippen molar-refractivity contribution in [1.29, 1.82) is 0 Å². The summed E-state index contributed by atoms with van der Waals surface area (Å²) in [6, 6.07) is 7.34. The fourth-order valence-corrected chi connectivity index (χ4v) is 7.58. The molecule has 0 radical (unpaired) electrons. The van der Waals surface area contributed by atoms with Crippen LogP contribution in [0.1, 0.15) is 30.2 Å². The molecule has 4 amide bonds. The first-order valence-corrected chi connectivity index (χ1v) is 20.2. The molecule has 1 aliphatic rings. The van der Waals surface area contributed by atoms with Crippen LogP contribution in [-0.2, 0) is 57.3 Å². The summed E-state index contributed by atoms with van der Waals surface area (Å²) in [6.45, 7) is -2.11. The molecule has 12 N–H and O–H groups in total. The molecule has 2 heterocycles. The van der Waals surface area contributed by atoms with Gasteiger partial charge in [-0.15, -0.1) is 0 Å². The van der Waals surface area contributed by atoms with E-state index in [1.54, 1.807) is 30.3 Å². The SMILES string of the molecule is NC(=O)CCC(NC(=O)OCc1ccccc1)C(=O)NCC(=O)NC/C=C/c1cn([C@@H]2O[C@H](COP(=O)(O)OP(=O)(O)OP(=O)(O)O)[C@@H](O)[C@H]2O)c(=O)[nH]c1=O. The van der Waals surface area contributed by atoms with Gasteiger partial charge in [-0.05, 0) is 12.0 Å². The van der Waals surface area contributed by atoms with Crippen LogP contribution in [0.5, 0.6) is 0 Å². The van der Waals surface area contributed by atoms with Crippen molar-refractivity contribution >= 4 is 53.4 Å². The largest absolute Gasteiger partial charge is 0.490 e. The molecule has 0 spiro atoms. The number of phosphoric acid groups is 3. The number of primary amides is 1. The molecule has 0 saturated carbocycles. The van der Waals surface area contributed by atoms with Gasteiger partial charge in [-0.1, -0.05) is 42.5 Å². The molecule has 1 aromatic heterocycles. The van der Waals surface area contributed by atoms with Crippen molar-refractivity contribution < 1.29 is 85.3 Å². The smallest absolute Gasteiger partial charge is 0.445 e. The number of nitrogens with two attached hydrogens (primary N) is 1. The summed E-state index contributed by atoms with van der Waals surface area (Å²) in [4.78, 5) is 112. The molecule has 3 unspecified atom stereocenters. The van der Waals surface area contributed by atoms with Gasteiger partial charge in [-0.3, -0.25) is 33.3 Å². The van der Waals surface area contributed by atoms with Crippen LogP contribution < -0.4 is 32.9 Å². The van der Waals surface area contributed by atoms with Crippen LogP contribution in [0.15, 0.2) is 52.2 Å². The number of hydrogen-bond acceptors (Lipinski definition) is 16. The molecule has 1 aliphatic heterocycles. The number of aromatic amines is 1. The second-order valence-corrected chi connectivity index (χ2v) is 15.8. The lowest BCUT2D eigenvalue weighted by Gasteiger charge is -2.19. The minimum Gasteiger partial charge on any atom is -0.445 e. The Morgan fingerprint density at radius 1 is 0.982 bits per heavy atom. The summed E-state index contributed by atoms with van der Waals surface area (Å²) in [5, 5.41) is 27.8. The predicted octanol–water partition coefficient (Wildman–Crippen LogP) is -2.69. The van der Waals surface area contributed by atoms with Gasteiger partial charge in [0, 0.05) is 19.2 Å². The van der Waals surface area contributed by atoms with Gasteiger partial charge in [0.05, 0.1) is 18.7 Å². The number of alkyl carbamates (subject to hydrolysis) is 1. The Morgan fingerprint density at radius 3 is 2.30 bits per heavy atom. The van der Waals surface area contributed by atoms with Gasteiger partial charge in [0.2, 0.25) is 17.7 Å². The van der Waals surface area contributed by atoms with Crippen molar-refractivity contribution in [3.05, 3.63) is 74.6 Å². The lowest BCUT2D eigenvalue weighted by atomic mass is 10.1. The van der Waals surface area contributed by atoms with Crippen molar-refractivity contribution in [2.24, 2.45) is 5.73 Å². The van der Waals surface area contributed by atoms with E-state index in [-0.39, 0.29) is 31.6 Å². The van der Waals surface area contributed by atoms with Gasteiger partial charge in [-0.2, -0.15) is 8.62 Å². The number of rotatable bonds is 20. The first-order valence-electron chi connectivity index (χ1n) is 15.7. The number of phosphoric ester groups is 1. The van der Waals surface area contributed by atoms with Crippen molar-refractivity contribution in [1.82, 2.24) is 25.5 Å². The molecule has 2 aromatic rings. The first kappa shape index (κ1) is 46.0. The number of ether oxygens (including phenoxy) is 2. The van der Waals surface area contributed by atoms with E-state index in [4.69, 9.17) is 25.0 Å². The van der Waals surface area contributed by atoms with Crippen molar-refractivity contribution in [2.75, 3.05) is 19.7 Å². The number of aliphatic hydroxyl groups excluding tert-OH is 2. The number of aliphatic hydroxyl groups is 2. The van der Waals surface area contributed by atoms with Crippen LogP contribution in [0.3, 0.4) is 0 Å². The summed E-state index contributed by atoms with van der Waals surface area (Å²) < 4.78 is 56.9. The van der Waals surface area contributed by atoms with Gasteiger partial charge in [-0.25, -0.2) is 23.3 Å². The fraction of sp³-hybridized carbons (Fsp3) is 0.407. The van der Waals surface area contributed by atoms with Crippen LogP contribution in [0, 0.1) is 0 Å². The molecule has 29 heteroatoms.